The topological polar surface area (TPSA) is 82.2 Å². The molecule has 1 aliphatic heterocycles. The number of hydrogen-bond acceptors (Lipinski definition) is 5. The number of esters is 1. The van der Waals surface area contributed by atoms with Crippen molar-refractivity contribution in [2.24, 2.45) is 11.7 Å². The van der Waals surface area contributed by atoms with Crippen molar-refractivity contribution < 1.29 is 9.53 Å². The van der Waals surface area contributed by atoms with E-state index in [-0.39, 0.29) is 18.1 Å². The van der Waals surface area contributed by atoms with Gasteiger partial charge in [0.1, 0.15) is 11.6 Å². The number of nitrogens with zero attached hydrogens (tertiary/aromatic N) is 2. The lowest BCUT2D eigenvalue weighted by Gasteiger charge is -2.18. The highest BCUT2D eigenvalue weighted by Crippen LogP contribution is 2.56. The molecule has 6 nitrogen and oxygen atoms in total. The molecule has 1 saturated carbocycles. The van der Waals surface area contributed by atoms with Crippen molar-refractivity contribution in [3.05, 3.63) is 40.1 Å². The van der Waals surface area contributed by atoms with Crippen LogP contribution in [0.1, 0.15) is 31.1 Å². The summed E-state index contributed by atoms with van der Waals surface area (Å²) < 4.78 is 8.18. The van der Waals surface area contributed by atoms with Crippen LogP contribution in [0.15, 0.2) is 34.5 Å². The first kappa shape index (κ1) is 16.5. The van der Waals surface area contributed by atoms with Gasteiger partial charge in [0.2, 0.25) is 0 Å². The van der Waals surface area contributed by atoms with Crippen molar-refractivity contribution in [1.29, 1.82) is 0 Å². The summed E-state index contributed by atoms with van der Waals surface area (Å²) in [5.41, 5.74) is 5.81. The molecule has 0 saturated heterocycles. The molecule has 1 fully saturated rings. The number of ether oxygens (including phenoxy) is 1. The average molecular weight is 428 g/mol. The summed E-state index contributed by atoms with van der Waals surface area (Å²) in [6.45, 7) is 0.643. The number of halogens is 1. The second-order valence-corrected chi connectivity index (χ2v) is 7.25. The van der Waals surface area contributed by atoms with E-state index in [0.29, 0.717) is 6.54 Å². The number of aromatic nitrogens is 2. The molecule has 0 bridgehead atoms. The van der Waals surface area contributed by atoms with Crippen molar-refractivity contribution in [2.75, 3.05) is 13.7 Å². The van der Waals surface area contributed by atoms with Gasteiger partial charge in [-0.25, -0.2) is 4.98 Å². The summed E-state index contributed by atoms with van der Waals surface area (Å²) in [6, 6.07) is 0. The number of allylic oxidation sites excluding steroid dienone is 2. The lowest BCUT2D eigenvalue weighted by atomic mass is 9.97. The van der Waals surface area contributed by atoms with Gasteiger partial charge in [0.15, 0.2) is 0 Å². The van der Waals surface area contributed by atoms with E-state index in [1.54, 1.807) is 6.33 Å². The molecule has 3 rings (SSSR count). The molecule has 0 radical (unpaired) electrons. The summed E-state index contributed by atoms with van der Waals surface area (Å²) >= 11 is 2.26. The second-order valence-electron chi connectivity index (χ2n) is 6.00. The Kier molecular flexibility index (Phi) is 4.77. The molecular weight excluding hydrogens is 407 g/mol. The highest BCUT2D eigenvalue weighted by Gasteiger charge is 2.63. The van der Waals surface area contributed by atoms with Crippen molar-refractivity contribution in [3.8, 4) is 0 Å². The lowest BCUT2D eigenvalue weighted by Crippen LogP contribution is -2.26. The van der Waals surface area contributed by atoms with Crippen LogP contribution in [0.2, 0.25) is 0 Å². The van der Waals surface area contributed by atoms with Crippen LogP contribution in [-0.2, 0) is 14.9 Å². The number of dihydropyridines is 1. The monoisotopic (exact) mass is 428 g/mol. The SMILES string of the molecule is COC(=O)C1(c2cn(C3C=CC(I)=CN3)cn2)CC1CCCN. The molecule has 3 N–H and O–H groups in total. The fourth-order valence-electron chi connectivity index (χ4n) is 3.25. The van der Waals surface area contributed by atoms with Gasteiger partial charge in [-0.15, -0.1) is 0 Å². The highest BCUT2D eigenvalue weighted by atomic mass is 127. The number of carbonyl (C=O) groups is 1. The molecule has 0 aromatic carbocycles. The second kappa shape index (κ2) is 6.64. The summed E-state index contributed by atoms with van der Waals surface area (Å²) in [5, 5.41) is 3.29. The summed E-state index contributed by atoms with van der Waals surface area (Å²) in [4.78, 5) is 16.9. The zero-order valence-electron chi connectivity index (χ0n) is 13.0. The van der Waals surface area contributed by atoms with Crippen molar-refractivity contribution in [2.45, 2.75) is 30.8 Å². The van der Waals surface area contributed by atoms with Gasteiger partial charge in [-0.2, -0.15) is 0 Å². The molecule has 1 aromatic rings. The predicted molar refractivity (Wildman–Crippen MR) is 95.7 cm³/mol. The van der Waals surface area contributed by atoms with Gasteiger partial charge in [0, 0.05) is 16.0 Å². The van der Waals surface area contributed by atoms with Crippen molar-refractivity contribution >= 4 is 28.6 Å². The Morgan fingerprint density at radius 2 is 2.48 bits per heavy atom. The van der Waals surface area contributed by atoms with Gasteiger partial charge in [-0.05, 0) is 66.5 Å². The molecule has 7 heteroatoms. The van der Waals surface area contributed by atoms with Gasteiger partial charge in [0.25, 0.3) is 0 Å². The van der Waals surface area contributed by atoms with Crippen LogP contribution in [-0.4, -0.2) is 29.2 Å². The van der Waals surface area contributed by atoms with Crippen LogP contribution < -0.4 is 11.1 Å². The number of hydrogen-bond donors (Lipinski definition) is 2. The molecule has 1 aromatic heterocycles. The standard InChI is InChI=1S/C16H21IN4O2/c1-23-15(22)16(7-11(16)3-2-6-18)13-9-21(10-20-13)14-5-4-12(17)8-19-14/h4-5,8-11,14,19H,2-3,6-7,18H2,1H3. The van der Waals surface area contributed by atoms with E-state index in [9.17, 15) is 4.79 Å². The number of imidazole rings is 1. The molecule has 3 atom stereocenters. The minimum Gasteiger partial charge on any atom is -0.468 e. The maximum Gasteiger partial charge on any atom is 0.318 e. The third-order valence-corrected chi connectivity index (χ3v) is 5.29. The molecule has 124 valence electrons. The molecule has 0 amide bonds. The summed E-state index contributed by atoms with van der Waals surface area (Å²) in [6.07, 6.45) is 12.5. The third-order valence-electron chi connectivity index (χ3n) is 4.62. The maximum absolute atomic E-state index is 12.4. The highest BCUT2D eigenvalue weighted by molar-refractivity contribution is 14.1. The van der Waals surface area contributed by atoms with Gasteiger partial charge < -0.3 is 20.4 Å². The lowest BCUT2D eigenvalue weighted by molar-refractivity contribution is -0.144. The van der Waals surface area contributed by atoms with Crippen LogP contribution in [0.3, 0.4) is 0 Å². The van der Waals surface area contributed by atoms with E-state index < -0.39 is 5.41 Å². The number of nitrogens with two attached hydrogens (primary N) is 1. The molecular formula is C16H21IN4O2. The molecule has 0 spiro atoms. The Labute approximate surface area is 149 Å². The van der Waals surface area contributed by atoms with Crippen LogP contribution in [0.25, 0.3) is 0 Å². The molecule has 3 unspecified atom stereocenters. The third kappa shape index (κ3) is 3.03. The predicted octanol–water partition coefficient (Wildman–Crippen LogP) is 1.99. The minimum atomic E-state index is -0.586. The maximum atomic E-state index is 12.4. The first-order valence-corrected chi connectivity index (χ1v) is 8.82. The number of rotatable bonds is 6. The van der Waals surface area contributed by atoms with Gasteiger partial charge >= 0.3 is 5.97 Å². The first-order valence-electron chi connectivity index (χ1n) is 7.74. The molecule has 1 aliphatic carbocycles. The average Bonchev–Trinajstić information content (AvgIpc) is 3.09. The quantitative estimate of drug-likeness (QED) is 0.535. The Balaban J connectivity index is 1.80. The first-order chi connectivity index (χ1) is 11.1. The number of nitrogens with one attached hydrogen (secondary N) is 1. The summed E-state index contributed by atoms with van der Waals surface area (Å²) in [5.74, 6) is 0.0870. The van der Waals surface area contributed by atoms with Crippen LogP contribution in [0.4, 0.5) is 0 Å². The van der Waals surface area contributed by atoms with Gasteiger partial charge in [0.05, 0.1) is 19.1 Å². The van der Waals surface area contributed by atoms with E-state index in [1.165, 1.54) is 7.11 Å². The zero-order valence-corrected chi connectivity index (χ0v) is 15.2. The van der Waals surface area contributed by atoms with Gasteiger partial charge in [-0.3, -0.25) is 4.79 Å². The van der Waals surface area contributed by atoms with Crippen LogP contribution >= 0.6 is 22.6 Å². The Morgan fingerprint density at radius 1 is 1.65 bits per heavy atom. The van der Waals surface area contributed by atoms with Crippen molar-refractivity contribution in [3.63, 3.8) is 0 Å². The fourth-order valence-corrected chi connectivity index (χ4v) is 3.64. The van der Waals surface area contributed by atoms with Crippen LogP contribution in [0, 0.1) is 5.92 Å². The Hall–Kier alpha value is -1.35. The van der Waals surface area contributed by atoms with Crippen LogP contribution in [0.5, 0.6) is 0 Å². The zero-order chi connectivity index (χ0) is 16.4. The van der Waals surface area contributed by atoms with E-state index in [0.717, 1.165) is 28.5 Å². The number of carbonyl (C=O) groups excluding carboxylic acids is 1. The van der Waals surface area contributed by atoms with E-state index in [1.807, 2.05) is 17.0 Å². The smallest absolute Gasteiger partial charge is 0.318 e. The van der Waals surface area contributed by atoms with Gasteiger partial charge in [-0.1, -0.05) is 0 Å². The normalized spacial score (nSPS) is 28.9. The fraction of sp³-hybridized carbons (Fsp3) is 0.500. The van der Waals surface area contributed by atoms with E-state index in [4.69, 9.17) is 10.5 Å². The summed E-state index contributed by atoms with van der Waals surface area (Å²) in [7, 11) is 1.44. The number of methoxy groups -OCH3 is 1. The molecule has 23 heavy (non-hydrogen) atoms. The minimum absolute atomic E-state index is 0.0192. The largest absolute Gasteiger partial charge is 0.468 e. The van der Waals surface area contributed by atoms with Crippen molar-refractivity contribution in [1.82, 2.24) is 14.9 Å². The van der Waals surface area contributed by atoms with E-state index in [2.05, 4.69) is 45.0 Å². The molecule has 2 heterocycles. The van der Waals surface area contributed by atoms with E-state index >= 15 is 0 Å². The molecule has 2 aliphatic rings. The Bertz CT molecular complexity index is 654. The Morgan fingerprint density at radius 3 is 3.13 bits per heavy atom.